The van der Waals surface area contributed by atoms with Crippen LogP contribution < -0.4 is 14.4 Å². The quantitative estimate of drug-likeness (QED) is 0.170. The summed E-state index contributed by atoms with van der Waals surface area (Å²) >= 11 is 19.4. The molecule has 0 aromatic heterocycles. The van der Waals surface area contributed by atoms with Crippen LogP contribution in [0.4, 0.5) is 5.69 Å². The van der Waals surface area contributed by atoms with E-state index >= 15 is 0 Å². The van der Waals surface area contributed by atoms with Crippen LogP contribution >= 0.6 is 34.8 Å². The summed E-state index contributed by atoms with van der Waals surface area (Å²) in [6.07, 6.45) is 0.145. The first kappa shape index (κ1) is 34.1. The number of rotatable bonds is 13. The van der Waals surface area contributed by atoms with Crippen LogP contribution in [0.5, 0.6) is 5.75 Å². The number of nitrogens with one attached hydrogen (secondary N) is 1. The smallest absolute Gasteiger partial charge is 0.264 e. The number of amides is 2. The van der Waals surface area contributed by atoms with Crippen molar-refractivity contribution in [3.05, 3.63) is 123 Å². The summed E-state index contributed by atoms with van der Waals surface area (Å²) in [7, 11) is -2.95. The first-order chi connectivity index (χ1) is 21.6. The lowest BCUT2D eigenvalue weighted by molar-refractivity contribution is -0.140. The van der Waals surface area contributed by atoms with E-state index in [0.29, 0.717) is 22.2 Å². The minimum atomic E-state index is -4.34. The maximum atomic E-state index is 14.5. The number of hydrogen-bond donors (Lipinski definition) is 1. The lowest BCUT2D eigenvalue weighted by atomic mass is 10.0. The highest BCUT2D eigenvalue weighted by Gasteiger charge is 2.36. The predicted molar refractivity (Wildman–Crippen MR) is 179 cm³/mol. The summed E-state index contributed by atoms with van der Waals surface area (Å²) in [5.74, 6) is -0.924. The van der Waals surface area contributed by atoms with E-state index in [0.717, 1.165) is 9.87 Å². The van der Waals surface area contributed by atoms with Gasteiger partial charge in [-0.1, -0.05) is 89.4 Å². The summed E-state index contributed by atoms with van der Waals surface area (Å²) < 4.78 is 34.8. The lowest BCUT2D eigenvalue weighted by Gasteiger charge is -2.34. The molecule has 0 unspecified atom stereocenters. The average molecular weight is 689 g/mol. The Hall–Kier alpha value is -3.76. The molecule has 0 aliphatic carbocycles. The molecule has 4 aromatic carbocycles. The number of carbonyl (C=O) groups excluding carboxylic acids is 2. The van der Waals surface area contributed by atoms with Crippen molar-refractivity contribution >= 4 is 62.3 Å². The minimum absolute atomic E-state index is 0.0508. The second-order valence-electron chi connectivity index (χ2n) is 9.96. The van der Waals surface area contributed by atoms with Crippen molar-refractivity contribution in [2.75, 3.05) is 24.5 Å². The first-order valence-electron chi connectivity index (χ1n) is 14.0. The van der Waals surface area contributed by atoms with Crippen LogP contribution in [-0.4, -0.2) is 51.4 Å². The van der Waals surface area contributed by atoms with Crippen LogP contribution in [0.25, 0.3) is 0 Å². The van der Waals surface area contributed by atoms with Crippen molar-refractivity contribution in [3.8, 4) is 5.75 Å². The molecule has 45 heavy (non-hydrogen) atoms. The fourth-order valence-electron chi connectivity index (χ4n) is 4.79. The molecule has 0 fully saturated rings. The molecule has 4 aromatic rings. The third-order valence-corrected chi connectivity index (χ3v) is 9.75. The zero-order valence-corrected chi connectivity index (χ0v) is 27.7. The van der Waals surface area contributed by atoms with Crippen LogP contribution in [0.2, 0.25) is 15.1 Å². The Balaban J connectivity index is 1.87. The maximum Gasteiger partial charge on any atom is 0.264 e. The molecule has 0 radical (unpaired) electrons. The van der Waals surface area contributed by atoms with E-state index in [4.69, 9.17) is 39.5 Å². The third kappa shape index (κ3) is 8.29. The van der Waals surface area contributed by atoms with Gasteiger partial charge < -0.3 is 15.0 Å². The molecular formula is C33H32Cl3N3O5S. The molecule has 0 bridgehead atoms. The molecule has 0 aliphatic rings. The van der Waals surface area contributed by atoms with Crippen LogP contribution in [0.15, 0.2) is 102 Å². The highest BCUT2D eigenvalue weighted by molar-refractivity contribution is 7.92. The van der Waals surface area contributed by atoms with E-state index in [2.05, 4.69) is 5.32 Å². The molecule has 8 nitrogen and oxygen atoms in total. The SMILES string of the molecule is CCNC(=O)[C@H](Cc1ccccc1)N(Cc1c(Cl)cccc1Cl)C(=O)CN(c1cc(Cl)ccc1OC)S(=O)(=O)c1ccccc1. The van der Waals surface area contributed by atoms with Gasteiger partial charge in [-0.15, -0.1) is 0 Å². The number of methoxy groups -OCH3 is 1. The van der Waals surface area contributed by atoms with E-state index < -0.39 is 34.4 Å². The molecule has 0 aliphatic heterocycles. The molecule has 236 valence electrons. The van der Waals surface area contributed by atoms with Crippen molar-refractivity contribution < 1.29 is 22.7 Å². The number of sulfonamides is 1. The van der Waals surface area contributed by atoms with Crippen molar-refractivity contribution in [3.63, 3.8) is 0 Å². The molecule has 0 spiro atoms. The van der Waals surface area contributed by atoms with Crippen molar-refractivity contribution in [1.82, 2.24) is 10.2 Å². The summed E-state index contributed by atoms with van der Waals surface area (Å²) in [6.45, 7) is 1.22. The second kappa shape index (κ2) is 15.5. The molecule has 0 saturated heterocycles. The summed E-state index contributed by atoms with van der Waals surface area (Å²) in [4.78, 5) is 29.4. The van der Waals surface area contributed by atoms with Gasteiger partial charge in [0.15, 0.2) is 0 Å². The van der Waals surface area contributed by atoms with Gasteiger partial charge in [0, 0.05) is 40.1 Å². The van der Waals surface area contributed by atoms with Crippen LogP contribution in [0.1, 0.15) is 18.1 Å². The van der Waals surface area contributed by atoms with E-state index in [9.17, 15) is 18.0 Å². The Bertz CT molecular complexity index is 1720. The number of benzene rings is 4. The summed E-state index contributed by atoms with van der Waals surface area (Å²) in [5, 5.41) is 3.63. The Kier molecular flexibility index (Phi) is 11.7. The number of nitrogens with zero attached hydrogens (tertiary/aromatic N) is 2. The van der Waals surface area contributed by atoms with Gasteiger partial charge in [-0.3, -0.25) is 13.9 Å². The van der Waals surface area contributed by atoms with Crippen molar-refractivity contribution in [1.29, 1.82) is 0 Å². The van der Waals surface area contributed by atoms with Gasteiger partial charge in [-0.2, -0.15) is 0 Å². The number of carbonyl (C=O) groups is 2. The average Bonchev–Trinajstić information content (AvgIpc) is 3.03. The highest BCUT2D eigenvalue weighted by atomic mass is 35.5. The Morgan fingerprint density at radius 3 is 2.09 bits per heavy atom. The largest absolute Gasteiger partial charge is 0.495 e. The van der Waals surface area contributed by atoms with Crippen molar-refractivity contribution in [2.24, 2.45) is 0 Å². The summed E-state index contributed by atoms with van der Waals surface area (Å²) in [5.41, 5.74) is 1.26. The first-order valence-corrected chi connectivity index (χ1v) is 16.6. The second-order valence-corrected chi connectivity index (χ2v) is 13.1. The molecule has 0 heterocycles. The Morgan fingerprint density at radius 1 is 0.867 bits per heavy atom. The van der Waals surface area contributed by atoms with Gasteiger partial charge in [-0.05, 0) is 55.0 Å². The van der Waals surface area contributed by atoms with Crippen LogP contribution in [0.3, 0.4) is 0 Å². The topological polar surface area (TPSA) is 96.0 Å². The number of anilines is 1. The molecule has 2 amide bonds. The molecule has 0 saturated carbocycles. The van der Waals surface area contributed by atoms with Gasteiger partial charge in [-0.25, -0.2) is 8.42 Å². The van der Waals surface area contributed by atoms with Crippen LogP contribution in [0, 0.1) is 0 Å². The van der Waals surface area contributed by atoms with Gasteiger partial charge in [0.2, 0.25) is 11.8 Å². The zero-order valence-electron chi connectivity index (χ0n) is 24.6. The van der Waals surface area contributed by atoms with Gasteiger partial charge >= 0.3 is 0 Å². The maximum absolute atomic E-state index is 14.5. The lowest BCUT2D eigenvalue weighted by Crippen LogP contribution is -2.53. The third-order valence-electron chi connectivity index (χ3n) is 7.03. The molecular weight excluding hydrogens is 657 g/mol. The number of ether oxygens (including phenoxy) is 1. The molecule has 1 N–H and O–H groups in total. The predicted octanol–water partition coefficient (Wildman–Crippen LogP) is 6.63. The highest BCUT2D eigenvalue weighted by Crippen LogP contribution is 2.35. The van der Waals surface area contributed by atoms with Gasteiger partial charge in [0.05, 0.1) is 17.7 Å². The van der Waals surface area contributed by atoms with Gasteiger partial charge in [0.1, 0.15) is 18.3 Å². The van der Waals surface area contributed by atoms with Gasteiger partial charge in [0.25, 0.3) is 10.0 Å². The number of likely N-dealkylation sites (N-methyl/N-ethyl adjacent to an activating group) is 1. The van der Waals surface area contributed by atoms with Crippen molar-refractivity contribution in [2.45, 2.75) is 30.8 Å². The van der Waals surface area contributed by atoms with E-state index in [1.807, 2.05) is 30.3 Å². The van der Waals surface area contributed by atoms with E-state index in [1.54, 1.807) is 49.4 Å². The zero-order chi connectivity index (χ0) is 32.6. The minimum Gasteiger partial charge on any atom is -0.495 e. The fraction of sp³-hybridized carbons (Fsp3) is 0.212. The molecule has 12 heteroatoms. The fourth-order valence-corrected chi connectivity index (χ4v) is 6.91. The van der Waals surface area contributed by atoms with E-state index in [-0.39, 0.29) is 34.3 Å². The number of hydrogen-bond acceptors (Lipinski definition) is 5. The Morgan fingerprint density at radius 2 is 1.49 bits per heavy atom. The summed E-state index contributed by atoms with van der Waals surface area (Å²) in [6, 6.07) is 25.3. The molecule has 1 atom stereocenters. The van der Waals surface area contributed by atoms with E-state index in [1.165, 1.54) is 36.3 Å². The number of halogens is 3. The molecule has 4 rings (SSSR count). The monoisotopic (exact) mass is 687 g/mol. The normalized spacial score (nSPS) is 11.8. The van der Waals surface area contributed by atoms with Crippen LogP contribution in [-0.2, 0) is 32.6 Å². The Labute approximate surface area is 278 Å². The standard InChI is InChI=1S/C33H32Cl3N3O5S/c1-3-37-33(41)30(19-23-11-6-4-7-12-23)38(21-26-27(35)15-10-16-28(26)36)32(40)22-39(29-20-24(34)17-18-31(29)44-2)45(42,43)25-13-8-5-9-14-25/h4-18,20,30H,3,19,21-22H2,1-2H3,(H,37,41)/t30-/m0/s1.